The molecule has 4 aromatic rings. The van der Waals surface area contributed by atoms with Crippen molar-refractivity contribution in [1.82, 2.24) is 9.80 Å². The largest absolute Gasteiger partial charge is 0.464 e. The number of rotatable bonds is 10. The minimum atomic E-state index is -4.63. The van der Waals surface area contributed by atoms with Gasteiger partial charge in [0.25, 0.3) is 5.91 Å². The molecule has 214 valence electrons. The summed E-state index contributed by atoms with van der Waals surface area (Å²) in [7, 11) is 0. The predicted molar refractivity (Wildman–Crippen MR) is 145 cm³/mol. The van der Waals surface area contributed by atoms with E-state index in [1.54, 1.807) is 24.3 Å². The number of unbranched alkanes of at least 4 members (excludes halogenated alkanes) is 1. The fourth-order valence-electron chi connectivity index (χ4n) is 4.35. The van der Waals surface area contributed by atoms with Gasteiger partial charge in [0.15, 0.2) is 5.43 Å². The molecular formula is C31H28F4N2O4. The molecule has 0 aliphatic heterocycles. The van der Waals surface area contributed by atoms with Crippen molar-refractivity contribution >= 4 is 22.8 Å². The quantitative estimate of drug-likeness (QED) is 0.207. The molecule has 41 heavy (non-hydrogen) atoms. The van der Waals surface area contributed by atoms with Crippen LogP contribution in [0.4, 0.5) is 17.6 Å². The van der Waals surface area contributed by atoms with Gasteiger partial charge < -0.3 is 14.2 Å². The van der Waals surface area contributed by atoms with Crippen LogP contribution in [0.15, 0.2) is 88.3 Å². The molecule has 0 spiro atoms. The Labute approximate surface area is 233 Å². The molecule has 0 radical (unpaired) electrons. The molecule has 0 saturated carbocycles. The fourth-order valence-corrected chi connectivity index (χ4v) is 4.35. The van der Waals surface area contributed by atoms with Gasteiger partial charge in [0.2, 0.25) is 5.91 Å². The number of fused-ring (bicyclic) bond motifs is 1. The summed E-state index contributed by atoms with van der Waals surface area (Å²) in [5.74, 6) is -1.72. The fraction of sp³-hybridized carbons (Fsp3) is 0.258. The van der Waals surface area contributed by atoms with E-state index in [0.717, 1.165) is 18.2 Å². The Morgan fingerprint density at radius 2 is 1.63 bits per heavy atom. The molecule has 1 aromatic heterocycles. The third-order valence-corrected chi connectivity index (χ3v) is 6.58. The molecule has 0 fully saturated rings. The van der Waals surface area contributed by atoms with E-state index in [9.17, 15) is 31.9 Å². The van der Waals surface area contributed by atoms with Gasteiger partial charge >= 0.3 is 6.18 Å². The molecular weight excluding hydrogens is 540 g/mol. The van der Waals surface area contributed by atoms with E-state index in [1.807, 2.05) is 6.92 Å². The van der Waals surface area contributed by atoms with E-state index in [4.69, 9.17) is 4.42 Å². The summed E-state index contributed by atoms with van der Waals surface area (Å²) in [6, 6.07) is 16.2. The number of carbonyl (C=O) groups is 2. The van der Waals surface area contributed by atoms with Crippen LogP contribution in [-0.4, -0.2) is 34.7 Å². The second-order valence-corrected chi connectivity index (χ2v) is 9.62. The maximum absolute atomic E-state index is 13.7. The molecule has 4 rings (SSSR count). The van der Waals surface area contributed by atoms with Crippen molar-refractivity contribution in [3.05, 3.63) is 117 Å². The average molecular weight is 569 g/mol. The van der Waals surface area contributed by atoms with Gasteiger partial charge in [-0.3, -0.25) is 14.4 Å². The van der Waals surface area contributed by atoms with Crippen LogP contribution in [0.3, 0.4) is 0 Å². The molecule has 10 heteroatoms. The summed E-state index contributed by atoms with van der Waals surface area (Å²) in [5, 5.41) is 0.337. The predicted octanol–water partition coefficient (Wildman–Crippen LogP) is 6.42. The molecule has 2 amide bonds. The Morgan fingerprint density at radius 1 is 0.902 bits per heavy atom. The molecule has 0 atom stereocenters. The lowest BCUT2D eigenvalue weighted by Gasteiger charge is -2.28. The van der Waals surface area contributed by atoms with E-state index in [0.29, 0.717) is 29.4 Å². The van der Waals surface area contributed by atoms with Crippen LogP contribution in [0.5, 0.6) is 0 Å². The molecule has 0 unspecified atom stereocenters. The van der Waals surface area contributed by atoms with Gasteiger partial charge in [-0.15, -0.1) is 0 Å². The number of hydrogen-bond donors (Lipinski definition) is 0. The van der Waals surface area contributed by atoms with E-state index in [1.165, 1.54) is 46.4 Å². The average Bonchev–Trinajstić information content (AvgIpc) is 2.96. The number of hydrogen-bond acceptors (Lipinski definition) is 4. The van der Waals surface area contributed by atoms with Crippen molar-refractivity contribution in [3.63, 3.8) is 0 Å². The molecule has 6 nitrogen and oxygen atoms in total. The Balaban J connectivity index is 1.64. The number of halogens is 4. The number of carbonyl (C=O) groups excluding carboxylic acids is 2. The van der Waals surface area contributed by atoms with Crippen LogP contribution in [0.1, 0.15) is 46.8 Å². The molecule has 0 bridgehead atoms. The van der Waals surface area contributed by atoms with E-state index >= 15 is 0 Å². The summed E-state index contributed by atoms with van der Waals surface area (Å²) in [4.78, 5) is 42.7. The maximum Gasteiger partial charge on any atom is 0.416 e. The minimum absolute atomic E-state index is 0.00918. The maximum atomic E-state index is 13.7. The Bertz CT molecular complexity index is 1580. The van der Waals surface area contributed by atoms with Crippen molar-refractivity contribution in [2.45, 2.75) is 39.0 Å². The highest BCUT2D eigenvalue weighted by Gasteiger charge is 2.32. The van der Waals surface area contributed by atoms with Crippen molar-refractivity contribution in [2.75, 3.05) is 13.1 Å². The highest BCUT2D eigenvalue weighted by atomic mass is 19.4. The van der Waals surface area contributed by atoms with Gasteiger partial charge in [0.05, 0.1) is 29.3 Å². The summed E-state index contributed by atoms with van der Waals surface area (Å²) in [5.41, 5.74) is -0.325. The van der Waals surface area contributed by atoms with Crippen LogP contribution in [0, 0.1) is 5.82 Å². The van der Waals surface area contributed by atoms with Gasteiger partial charge in [-0.1, -0.05) is 43.7 Å². The van der Waals surface area contributed by atoms with Crippen molar-refractivity contribution in [1.29, 1.82) is 0 Å². The lowest BCUT2D eigenvalue weighted by atomic mass is 10.1. The smallest absolute Gasteiger partial charge is 0.416 e. The molecule has 0 aliphatic rings. The zero-order chi connectivity index (χ0) is 29.6. The molecule has 3 aromatic carbocycles. The van der Waals surface area contributed by atoms with Gasteiger partial charge in [-0.25, -0.2) is 4.39 Å². The van der Waals surface area contributed by atoms with Crippen molar-refractivity contribution < 1.29 is 31.6 Å². The Morgan fingerprint density at radius 3 is 2.34 bits per heavy atom. The minimum Gasteiger partial charge on any atom is -0.464 e. The standard InChI is InChI=1S/C31H28F4N2O4/c1-2-3-15-36(30(40)22-7-6-8-24(16-22)31(33,34)35)19-28(38)37(17-21-11-13-25(32)14-12-21)18-23-20-41-27-10-5-4-9-26(27)29(23)39/h4-14,16,20H,2-3,15,17-19H2,1H3. The van der Waals surface area contributed by atoms with Crippen LogP contribution < -0.4 is 5.43 Å². The van der Waals surface area contributed by atoms with Crippen LogP contribution in [0.25, 0.3) is 11.0 Å². The normalized spacial score (nSPS) is 11.4. The SMILES string of the molecule is CCCCN(CC(=O)N(Cc1ccc(F)cc1)Cc1coc2ccccc2c1=O)C(=O)c1cccc(C(F)(F)F)c1. The summed E-state index contributed by atoms with van der Waals surface area (Å²) < 4.78 is 59.0. The number of benzene rings is 3. The summed E-state index contributed by atoms with van der Waals surface area (Å²) >= 11 is 0. The van der Waals surface area contributed by atoms with E-state index < -0.39 is 35.9 Å². The lowest BCUT2D eigenvalue weighted by Crippen LogP contribution is -2.43. The highest BCUT2D eigenvalue weighted by Crippen LogP contribution is 2.30. The third kappa shape index (κ3) is 7.39. The molecule has 0 saturated heterocycles. The number of para-hydroxylation sites is 1. The van der Waals surface area contributed by atoms with Gasteiger partial charge in [0.1, 0.15) is 17.9 Å². The molecule has 0 N–H and O–H groups in total. The second kappa shape index (κ2) is 12.8. The van der Waals surface area contributed by atoms with Crippen LogP contribution >= 0.6 is 0 Å². The van der Waals surface area contributed by atoms with Gasteiger partial charge in [0, 0.05) is 18.7 Å². The van der Waals surface area contributed by atoms with Gasteiger partial charge in [-0.2, -0.15) is 13.2 Å². The lowest BCUT2D eigenvalue weighted by molar-refractivity contribution is -0.137. The number of alkyl halides is 3. The Kier molecular flexibility index (Phi) is 9.21. The second-order valence-electron chi connectivity index (χ2n) is 9.62. The summed E-state index contributed by atoms with van der Waals surface area (Å²) in [6.07, 6.45) is -2.16. The molecule has 1 heterocycles. The van der Waals surface area contributed by atoms with E-state index in [-0.39, 0.29) is 36.2 Å². The first kappa shape index (κ1) is 29.5. The van der Waals surface area contributed by atoms with Crippen LogP contribution in [0.2, 0.25) is 0 Å². The monoisotopic (exact) mass is 568 g/mol. The van der Waals surface area contributed by atoms with Gasteiger partial charge in [-0.05, 0) is 54.4 Å². The van der Waals surface area contributed by atoms with E-state index in [2.05, 4.69) is 0 Å². The van der Waals surface area contributed by atoms with Crippen LogP contribution in [-0.2, 0) is 24.1 Å². The zero-order valence-electron chi connectivity index (χ0n) is 22.3. The highest BCUT2D eigenvalue weighted by molar-refractivity contribution is 5.96. The topological polar surface area (TPSA) is 70.8 Å². The first-order valence-electron chi connectivity index (χ1n) is 13.0. The zero-order valence-corrected chi connectivity index (χ0v) is 22.3. The number of nitrogens with zero attached hydrogens (tertiary/aromatic N) is 2. The third-order valence-electron chi connectivity index (χ3n) is 6.58. The first-order valence-corrected chi connectivity index (χ1v) is 13.0. The van der Waals surface area contributed by atoms with Crippen molar-refractivity contribution in [2.24, 2.45) is 0 Å². The van der Waals surface area contributed by atoms with Crippen molar-refractivity contribution in [3.8, 4) is 0 Å². The Hall–Kier alpha value is -4.47. The summed E-state index contributed by atoms with van der Waals surface area (Å²) in [6.45, 7) is 1.41. The number of amides is 2. The molecule has 0 aliphatic carbocycles. The first-order chi connectivity index (χ1) is 19.6.